The van der Waals surface area contributed by atoms with E-state index in [1.54, 1.807) is 4.90 Å². The molecule has 3 rings (SSSR count). The fourth-order valence-electron chi connectivity index (χ4n) is 6.38. The summed E-state index contributed by atoms with van der Waals surface area (Å²) in [6.45, 7) is 22.5. The van der Waals surface area contributed by atoms with Crippen LogP contribution in [0.1, 0.15) is 68.7 Å². The second kappa shape index (κ2) is 13.4. The highest BCUT2D eigenvalue weighted by Crippen LogP contribution is 2.65. The molecule has 1 aliphatic carbocycles. The maximum Gasteiger partial charge on any atom is 0.317 e. The SMILES string of the molecule is C=CCNC(=O)C(=O)C(C)NC(=O)C1C2[C@H](CN1C(=O)[C@@H](NC(=O)NC(CN1CCCNC1=O)C(C)(C)C)C(C)(C)C)C2(C)C. The number of ketones is 1. The number of hydrogen-bond donors (Lipinski definition) is 5. The van der Waals surface area contributed by atoms with Crippen LogP contribution in [-0.4, -0.2) is 102 Å². The van der Waals surface area contributed by atoms with Crippen molar-refractivity contribution in [3.8, 4) is 0 Å². The third kappa shape index (κ3) is 8.15. The molecule has 0 spiro atoms. The van der Waals surface area contributed by atoms with Crippen molar-refractivity contribution >= 4 is 35.6 Å². The van der Waals surface area contributed by atoms with Gasteiger partial charge in [0.05, 0.1) is 12.1 Å². The van der Waals surface area contributed by atoms with Crippen LogP contribution in [0.15, 0.2) is 12.7 Å². The predicted octanol–water partition coefficient (Wildman–Crippen LogP) is 1.39. The number of Topliss-reactive ketones (excluding diaryl/α,β-unsaturated/α-hetero) is 1. The molecule has 1 saturated carbocycles. The first kappa shape index (κ1) is 35.8. The van der Waals surface area contributed by atoms with Gasteiger partial charge in [-0.15, -0.1) is 6.58 Å². The van der Waals surface area contributed by atoms with E-state index in [1.807, 2.05) is 55.4 Å². The number of nitrogens with zero attached hydrogens (tertiary/aromatic N) is 2. The molecule has 3 fully saturated rings. The standard InChI is InChI=1S/C32H53N7O6/c1-11-13-33-26(42)23(40)18(2)35-25(41)22-21-19(32(21,9)10)16-39(22)27(43)24(31(6,7)8)37-28(44)36-20(30(3,4)5)17-38-15-12-14-34-29(38)45/h11,18-22,24H,1,12-17H2,2-10H3,(H,33,42)(H,34,45)(H,35,41)(H2,36,37,44)/t18?,19-,20?,21?,22?,24+/m0/s1. The first-order chi connectivity index (χ1) is 20.7. The van der Waals surface area contributed by atoms with Gasteiger partial charge in [-0.3, -0.25) is 19.2 Å². The highest BCUT2D eigenvalue weighted by atomic mass is 16.2. The Morgan fingerprint density at radius 3 is 2.24 bits per heavy atom. The summed E-state index contributed by atoms with van der Waals surface area (Å²) in [7, 11) is 0. The van der Waals surface area contributed by atoms with E-state index >= 15 is 0 Å². The molecule has 0 radical (unpaired) electrons. The minimum Gasteiger partial charge on any atom is -0.346 e. The van der Waals surface area contributed by atoms with Gasteiger partial charge in [0.2, 0.25) is 17.6 Å². The van der Waals surface area contributed by atoms with Crippen molar-refractivity contribution in [1.29, 1.82) is 0 Å². The lowest BCUT2D eigenvalue weighted by molar-refractivity contribution is -0.145. The van der Waals surface area contributed by atoms with E-state index < -0.39 is 64.5 Å². The number of rotatable bonds is 11. The van der Waals surface area contributed by atoms with Gasteiger partial charge >= 0.3 is 12.1 Å². The van der Waals surface area contributed by atoms with Crippen LogP contribution in [0.3, 0.4) is 0 Å². The molecular weight excluding hydrogens is 578 g/mol. The maximum atomic E-state index is 14.2. The van der Waals surface area contributed by atoms with Crippen LogP contribution in [0, 0.1) is 28.1 Å². The number of nitrogens with one attached hydrogen (secondary N) is 5. The van der Waals surface area contributed by atoms with E-state index in [-0.39, 0.29) is 29.8 Å². The van der Waals surface area contributed by atoms with Crippen LogP contribution >= 0.6 is 0 Å². The zero-order chi connectivity index (χ0) is 34.1. The lowest BCUT2D eigenvalue weighted by atomic mass is 9.85. The Bertz CT molecular complexity index is 1200. The first-order valence-corrected chi connectivity index (χ1v) is 15.8. The number of carbonyl (C=O) groups is 6. The molecule has 13 nitrogen and oxygen atoms in total. The Kier molecular flexibility index (Phi) is 10.7. The van der Waals surface area contributed by atoms with Gasteiger partial charge in [0.1, 0.15) is 12.1 Å². The van der Waals surface area contributed by atoms with Gasteiger partial charge in [-0.1, -0.05) is 61.5 Å². The summed E-state index contributed by atoms with van der Waals surface area (Å²) in [5.74, 6) is -2.59. The first-order valence-electron chi connectivity index (χ1n) is 15.8. The van der Waals surface area contributed by atoms with Crippen molar-refractivity contribution in [2.75, 3.05) is 32.7 Å². The molecular formula is C32H53N7O6. The summed E-state index contributed by atoms with van der Waals surface area (Å²) < 4.78 is 0. The number of piperidine rings is 1. The monoisotopic (exact) mass is 631 g/mol. The zero-order valence-electron chi connectivity index (χ0n) is 28.3. The van der Waals surface area contributed by atoms with Crippen molar-refractivity contribution in [1.82, 2.24) is 36.4 Å². The maximum absolute atomic E-state index is 14.2. The summed E-state index contributed by atoms with van der Waals surface area (Å²) in [5.41, 5.74) is -1.29. The highest BCUT2D eigenvalue weighted by molar-refractivity contribution is 6.38. The second-order valence-corrected chi connectivity index (χ2v) is 15.3. The van der Waals surface area contributed by atoms with Gasteiger partial charge in [-0.25, -0.2) is 9.59 Å². The van der Waals surface area contributed by atoms with E-state index in [1.165, 1.54) is 17.9 Å². The summed E-state index contributed by atoms with van der Waals surface area (Å²) >= 11 is 0. The van der Waals surface area contributed by atoms with Gasteiger partial charge in [-0.2, -0.15) is 0 Å². The van der Waals surface area contributed by atoms with Crippen molar-refractivity contribution in [2.45, 2.75) is 92.9 Å². The number of amides is 7. The molecule has 45 heavy (non-hydrogen) atoms. The van der Waals surface area contributed by atoms with Crippen LogP contribution in [0.5, 0.6) is 0 Å². The highest BCUT2D eigenvalue weighted by Gasteiger charge is 2.69. The molecule has 4 unspecified atom stereocenters. The number of hydrogen-bond acceptors (Lipinski definition) is 6. The van der Waals surface area contributed by atoms with Gasteiger partial charge in [0.25, 0.3) is 5.91 Å². The number of urea groups is 2. The topological polar surface area (TPSA) is 169 Å². The van der Waals surface area contributed by atoms with Crippen LogP contribution in [-0.2, 0) is 19.2 Å². The Labute approximate surface area is 267 Å². The minimum absolute atomic E-state index is 0.0782. The van der Waals surface area contributed by atoms with E-state index in [0.717, 1.165) is 6.42 Å². The second-order valence-electron chi connectivity index (χ2n) is 15.3. The van der Waals surface area contributed by atoms with Crippen LogP contribution < -0.4 is 26.6 Å². The normalized spacial score (nSPS) is 24.3. The molecule has 252 valence electrons. The molecule has 6 atom stereocenters. The molecule has 0 aromatic carbocycles. The molecule has 0 aromatic heterocycles. The van der Waals surface area contributed by atoms with Gasteiger partial charge in [-0.05, 0) is 41.4 Å². The lowest BCUT2D eigenvalue weighted by Gasteiger charge is -2.39. The molecule has 13 heteroatoms. The lowest BCUT2D eigenvalue weighted by Crippen LogP contribution is -2.63. The summed E-state index contributed by atoms with van der Waals surface area (Å²) in [4.78, 5) is 81.7. The van der Waals surface area contributed by atoms with E-state index in [2.05, 4.69) is 33.2 Å². The van der Waals surface area contributed by atoms with E-state index in [4.69, 9.17) is 0 Å². The van der Waals surface area contributed by atoms with Crippen molar-refractivity contribution in [2.24, 2.45) is 28.1 Å². The molecule has 2 saturated heterocycles. The zero-order valence-corrected chi connectivity index (χ0v) is 28.3. The molecule has 0 aromatic rings. The van der Waals surface area contributed by atoms with Crippen molar-refractivity contribution in [3.63, 3.8) is 0 Å². The smallest absolute Gasteiger partial charge is 0.317 e. The fourth-order valence-corrected chi connectivity index (χ4v) is 6.38. The quantitative estimate of drug-likeness (QED) is 0.171. The molecule has 7 amide bonds. The minimum atomic E-state index is -1.10. The summed E-state index contributed by atoms with van der Waals surface area (Å²) in [6, 6.07) is -4.06. The Hall–Kier alpha value is -3.64. The summed E-state index contributed by atoms with van der Waals surface area (Å²) in [6.07, 6.45) is 2.26. The molecule has 3 aliphatic rings. The Morgan fingerprint density at radius 1 is 1.04 bits per heavy atom. The molecule has 0 bridgehead atoms. The summed E-state index contributed by atoms with van der Waals surface area (Å²) in [5, 5.41) is 13.8. The molecule has 2 heterocycles. The Balaban J connectivity index is 1.77. The molecule has 5 N–H and O–H groups in total. The fraction of sp³-hybridized carbons (Fsp3) is 0.750. The van der Waals surface area contributed by atoms with Crippen LogP contribution in [0.4, 0.5) is 9.59 Å². The van der Waals surface area contributed by atoms with Crippen LogP contribution in [0.2, 0.25) is 0 Å². The van der Waals surface area contributed by atoms with Crippen molar-refractivity contribution in [3.05, 3.63) is 12.7 Å². The average Bonchev–Trinajstić information content (AvgIpc) is 3.25. The van der Waals surface area contributed by atoms with Gasteiger partial charge in [0.15, 0.2) is 0 Å². The number of likely N-dealkylation sites (tertiary alicyclic amines) is 1. The van der Waals surface area contributed by atoms with Gasteiger partial charge in [0, 0.05) is 32.7 Å². The third-order valence-corrected chi connectivity index (χ3v) is 9.45. The van der Waals surface area contributed by atoms with E-state index in [9.17, 15) is 28.8 Å². The number of fused-ring (bicyclic) bond motifs is 1. The van der Waals surface area contributed by atoms with E-state index in [0.29, 0.717) is 26.2 Å². The average molecular weight is 632 g/mol. The predicted molar refractivity (Wildman–Crippen MR) is 170 cm³/mol. The van der Waals surface area contributed by atoms with Crippen LogP contribution in [0.25, 0.3) is 0 Å². The Morgan fingerprint density at radius 2 is 1.69 bits per heavy atom. The van der Waals surface area contributed by atoms with Gasteiger partial charge < -0.3 is 36.4 Å². The largest absolute Gasteiger partial charge is 0.346 e. The molecule has 2 aliphatic heterocycles. The van der Waals surface area contributed by atoms with Crippen molar-refractivity contribution < 1.29 is 28.8 Å². The number of carbonyl (C=O) groups excluding carboxylic acids is 6. The third-order valence-electron chi connectivity index (χ3n) is 9.45.